The summed E-state index contributed by atoms with van der Waals surface area (Å²) in [5.41, 5.74) is 2.32. The van der Waals surface area contributed by atoms with Gasteiger partial charge in [-0.05, 0) is 30.5 Å². The molecule has 1 amide bonds. The van der Waals surface area contributed by atoms with E-state index in [4.69, 9.17) is 4.74 Å². The van der Waals surface area contributed by atoms with E-state index in [-0.39, 0.29) is 25.0 Å². The first-order valence-corrected chi connectivity index (χ1v) is 12.6. The molecule has 5 rings (SSSR count). The highest BCUT2D eigenvalue weighted by molar-refractivity contribution is 7.88. The maximum atomic E-state index is 12.8. The number of carbonyl (C=O) groups is 1. The Hall–Kier alpha value is -2.10. The molecule has 0 bridgehead atoms. The van der Waals surface area contributed by atoms with Gasteiger partial charge in [-0.25, -0.2) is 8.42 Å². The largest absolute Gasteiger partial charge is 0.497 e. The highest BCUT2D eigenvalue weighted by atomic mass is 32.2. The highest BCUT2D eigenvalue weighted by Gasteiger charge is 2.56. The van der Waals surface area contributed by atoms with E-state index in [2.05, 4.69) is 0 Å². The Morgan fingerprint density at radius 1 is 1.26 bits per heavy atom. The molecule has 31 heavy (non-hydrogen) atoms. The number of hydrogen-bond acceptors (Lipinski definition) is 5. The molecule has 1 aromatic heterocycles. The van der Waals surface area contributed by atoms with Crippen molar-refractivity contribution in [2.24, 2.45) is 13.0 Å². The standard InChI is InChI=1S/C22H29N3O5S/c1-23-17-9-15(30-2)7-8-16(17)19-20(23)18(10-26)25(31(3,28)29)13-22(19)11-24(12-22)21(27)14-5-4-6-14/h7-9,14,18,26H,4-6,10-13H2,1-3H3/t18-/m1/s1. The fraction of sp³-hybridized carbons (Fsp3) is 0.591. The summed E-state index contributed by atoms with van der Waals surface area (Å²) >= 11 is 0. The number of aromatic nitrogens is 1. The molecule has 1 aromatic carbocycles. The minimum absolute atomic E-state index is 0.119. The van der Waals surface area contributed by atoms with Gasteiger partial charge in [0.05, 0.1) is 31.5 Å². The van der Waals surface area contributed by atoms with Crippen molar-refractivity contribution in [3.63, 3.8) is 0 Å². The number of nitrogens with zero attached hydrogens (tertiary/aromatic N) is 3. The Kier molecular flexibility index (Phi) is 4.66. The third kappa shape index (κ3) is 2.93. The second-order valence-electron chi connectivity index (χ2n) is 9.31. The number of likely N-dealkylation sites (tertiary alicyclic amines) is 1. The molecular formula is C22H29N3O5S. The van der Waals surface area contributed by atoms with Gasteiger partial charge in [-0.15, -0.1) is 0 Å². The van der Waals surface area contributed by atoms with Crippen molar-refractivity contribution in [2.45, 2.75) is 30.7 Å². The third-order valence-corrected chi connectivity index (χ3v) is 8.69. The number of amides is 1. The Morgan fingerprint density at radius 2 is 1.97 bits per heavy atom. The maximum absolute atomic E-state index is 12.8. The lowest BCUT2D eigenvalue weighted by Crippen LogP contribution is -2.69. The van der Waals surface area contributed by atoms with Crippen LogP contribution in [0, 0.1) is 5.92 Å². The average Bonchev–Trinajstić information content (AvgIpc) is 2.95. The molecule has 8 nitrogen and oxygen atoms in total. The molecule has 0 unspecified atom stereocenters. The number of methoxy groups -OCH3 is 1. The number of benzene rings is 1. The van der Waals surface area contributed by atoms with E-state index in [0.29, 0.717) is 13.1 Å². The number of aliphatic hydroxyl groups excluding tert-OH is 1. The van der Waals surface area contributed by atoms with E-state index < -0.39 is 21.5 Å². The van der Waals surface area contributed by atoms with Gasteiger partial charge < -0.3 is 19.3 Å². The average molecular weight is 448 g/mol. The Morgan fingerprint density at radius 3 is 2.52 bits per heavy atom. The summed E-state index contributed by atoms with van der Waals surface area (Å²) in [4.78, 5) is 14.7. The zero-order valence-electron chi connectivity index (χ0n) is 18.2. The number of ether oxygens (including phenoxy) is 1. The Bertz CT molecular complexity index is 1160. The number of aryl methyl sites for hydroxylation is 1. The second-order valence-corrected chi connectivity index (χ2v) is 11.2. The molecule has 0 radical (unpaired) electrons. The predicted octanol–water partition coefficient (Wildman–Crippen LogP) is 1.38. The minimum Gasteiger partial charge on any atom is -0.497 e. The van der Waals surface area contributed by atoms with Crippen molar-refractivity contribution < 1.29 is 23.1 Å². The van der Waals surface area contributed by atoms with E-state index in [1.165, 1.54) is 10.6 Å². The van der Waals surface area contributed by atoms with E-state index in [0.717, 1.165) is 47.2 Å². The molecule has 1 saturated carbocycles. The molecule has 1 saturated heterocycles. The fourth-order valence-electron chi connectivity index (χ4n) is 5.67. The first-order valence-electron chi connectivity index (χ1n) is 10.7. The van der Waals surface area contributed by atoms with Crippen LogP contribution in [-0.4, -0.2) is 72.8 Å². The number of carbonyl (C=O) groups excluding carboxylic acids is 1. The molecule has 2 aliphatic heterocycles. The van der Waals surface area contributed by atoms with Crippen LogP contribution in [0.4, 0.5) is 0 Å². The summed E-state index contributed by atoms with van der Waals surface area (Å²) in [5, 5.41) is 11.3. The molecule has 1 N–H and O–H groups in total. The van der Waals surface area contributed by atoms with Crippen molar-refractivity contribution >= 4 is 26.8 Å². The van der Waals surface area contributed by atoms with Crippen molar-refractivity contribution in [3.05, 3.63) is 29.5 Å². The molecule has 1 spiro atoms. The van der Waals surface area contributed by atoms with Gasteiger partial charge in [0.2, 0.25) is 15.9 Å². The summed E-state index contributed by atoms with van der Waals surface area (Å²) in [6.07, 6.45) is 4.19. The van der Waals surface area contributed by atoms with Gasteiger partial charge >= 0.3 is 0 Å². The molecule has 9 heteroatoms. The van der Waals surface area contributed by atoms with Gasteiger partial charge in [-0.1, -0.05) is 6.42 Å². The molecule has 2 aromatic rings. The summed E-state index contributed by atoms with van der Waals surface area (Å²) in [6, 6.07) is 5.20. The van der Waals surface area contributed by atoms with E-state index in [1.807, 2.05) is 34.7 Å². The van der Waals surface area contributed by atoms with Crippen LogP contribution in [0.5, 0.6) is 5.75 Å². The van der Waals surface area contributed by atoms with Gasteiger partial charge in [0.25, 0.3) is 0 Å². The Balaban J connectivity index is 1.66. The SMILES string of the molecule is COc1ccc2c3c(n(C)c2c1)[C@@H](CO)N(S(C)(=O)=O)CC31CN(C(=O)C2CCC2)C1. The highest BCUT2D eigenvalue weighted by Crippen LogP contribution is 2.50. The van der Waals surface area contributed by atoms with Crippen LogP contribution in [0.15, 0.2) is 18.2 Å². The first-order chi connectivity index (χ1) is 14.7. The van der Waals surface area contributed by atoms with Crippen LogP contribution in [0.2, 0.25) is 0 Å². The smallest absolute Gasteiger partial charge is 0.225 e. The number of sulfonamides is 1. The number of rotatable bonds is 4. The van der Waals surface area contributed by atoms with Crippen molar-refractivity contribution in [3.8, 4) is 5.75 Å². The fourth-order valence-corrected chi connectivity index (χ4v) is 6.78. The van der Waals surface area contributed by atoms with E-state index >= 15 is 0 Å². The van der Waals surface area contributed by atoms with Crippen LogP contribution >= 0.6 is 0 Å². The maximum Gasteiger partial charge on any atom is 0.225 e. The quantitative estimate of drug-likeness (QED) is 0.765. The molecule has 1 aliphatic carbocycles. The zero-order chi connectivity index (χ0) is 22.1. The van der Waals surface area contributed by atoms with Gasteiger partial charge in [-0.2, -0.15) is 4.31 Å². The lowest BCUT2D eigenvalue weighted by molar-refractivity contribution is -0.147. The van der Waals surface area contributed by atoms with Crippen LogP contribution in [-0.2, 0) is 27.3 Å². The topological polar surface area (TPSA) is 92.1 Å². The van der Waals surface area contributed by atoms with Crippen molar-refractivity contribution in [1.29, 1.82) is 0 Å². The van der Waals surface area contributed by atoms with Gasteiger partial charge in [0.1, 0.15) is 5.75 Å². The lowest BCUT2D eigenvalue weighted by atomic mass is 9.68. The molecular weight excluding hydrogens is 418 g/mol. The van der Waals surface area contributed by atoms with Crippen LogP contribution in [0.1, 0.15) is 36.6 Å². The molecule has 3 heterocycles. The molecule has 2 fully saturated rings. The molecule has 3 aliphatic rings. The molecule has 168 valence electrons. The van der Waals surface area contributed by atoms with Crippen molar-refractivity contribution in [2.75, 3.05) is 39.6 Å². The van der Waals surface area contributed by atoms with Gasteiger partial charge in [0.15, 0.2) is 0 Å². The van der Waals surface area contributed by atoms with Crippen molar-refractivity contribution in [1.82, 2.24) is 13.8 Å². The van der Waals surface area contributed by atoms with Crippen LogP contribution in [0.25, 0.3) is 10.9 Å². The minimum atomic E-state index is -3.56. The normalized spacial score (nSPS) is 23.5. The van der Waals surface area contributed by atoms with Gasteiger partial charge in [-0.3, -0.25) is 4.79 Å². The third-order valence-electron chi connectivity index (χ3n) is 7.46. The number of fused-ring (bicyclic) bond motifs is 4. The summed E-state index contributed by atoms with van der Waals surface area (Å²) in [5.74, 6) is 1.03. The van der Waals surface area contributed by atoms with Crippen LogP contribution < -0.4 is 4.74 Å². The summed E-state index contributed by atoms with van der Waals surface area (Å²) in [7, 11) is -0.0440. The first kappa shape index (κ1) is 20.8. The Labute approximate surface area is 182 Å². The molecule has 1 atom stereocenters. The summed E-state index contributed by atoms with van der Waals surface area (Å²) < 4.78 is 34.2. The lowest BCUT2D eigenvalue weighted by Gasteiger charge is -2.56. The zero-order valence-corrected chi connectivity index (χ0v) is 19.0. The number of hydrogen-bond donors (Lipinski definition) is 1. The van der Waals surface area contributed by atoms with E-state index in [9.17, 15) is 18.3 Å². The van der Waals surface area contributed by atoms with Gasteiger partial charge in [0, 0.05) is 55.2 Å². The summed E-state index contributed by atoms with van der Waals surface area (Å²) in [6.45, 7) is 0.973. The monoisotopic (exact) mass is 447 g/mol. The van der Waals surface area contributed by atoms with E-state index in [1.54, 1.807) is 7.11 Å². The number of aliphatic hydroxyl groups is 1. The predicted molar refractivity (Wildman–Crippen MR) is 116 cm³/mol. The van der Waals surface area contributed by atoms with Crippen LogP contribution in [0.3, 0.4) is 0 Å². The second kappa shape index (κ2) is 6.95.